The van der Waals surface area contributed by atoms with E-state index >= 15 is 0 Å². The maximum absolute atomic E-state index is 13.0. The van der Waals surface area contributed by atoms with E-state index < -0.39 is 18.6 Å². The van der Waals surface area contributed by atoms with Crippen molar-refractivity contribution in [3.63, 3.8) is 0 Å². The highest BCUT2D eigenvalue weighted by atomic mass is 35.5. The Kier molecular flexibility index (Phi) is 5.89. The van der Waals surface area contributed by atoms with Gasteiger partial charge in [0.25, 0.3) is 0 Å². The van der Waals surface area contributed by atoms with E-state index in [1.807, 2.05) is 21.7 Å². The third kappa shape index (κ3) is 4.78. The van der Waals surface area contributed by atoms with E-state index in [0.717, 1.165) is 23.3 Å². The lowest BCUT2D eigenvalue weighted by molar-refractivity contribution is -0.133. The van der Waals surface area contributed by atoms with Crippen molar-refractivity contribution < 1.29 is 18.0 Å². The number of anilines is 1. The van der Waals surface area contributed by atoms with Crippen LogP contribution in [0.2, 0.25) is 5.02 Å². The lowest BCUT2D eigenvalue weighted by Gasteiger charge is -2.29. The number of thiophene rings is 1. The number of hydrogen-bond donors (Lipinski definition) is 0. The fraction of sp³-hybridized carbons (Fsp3) is 0.389. The van der Waals surface area contributed by atoms with Crippen LogP contribution in [0.3, 0.4) is 0 Å². The van der Waals surface area contributed by atoms with Crippen molar-refractivity contribution >= 4 is 34.5 Å². The van der Waals surface area contributed by atoms with E-state index in [1.54, 1.807) is 11.3 Å². The number of halogens is 4. The van der Waals surface area contributed by atoms with E-state index in [9.17, 15) is 18.0 Å². The minimum absolute atomic E-state index is 0.0424. The van der Waals surface area contributed by atoms with Gasteiger partial charge in [0, 0.05) is 16.8 Å². The van der Waals surface area contributed by atoms with Crippen LogP contribution < -0.4 is 4.90 Å². The van der Waals surface area contributed by atoms with Gasteiger partial charge in [-0.15, -0.1) is 0 Å². The minimum atomic E-state index is -4.48. The Morgan fingerprint density at radius 3 is 2.62 bits per heavy atom. The molecule has 0 bridgehead atoms. The number of likely N-dealkylation sites (tertiary alicyclic amines) is 1. The lowest BCUT2D eigenvalue weighted by atomic mass is 10.1. The third-order valence-electron chi connectivity index (χ3n) is 4.41. The molecule has 2 heterocycles. The van der Waals surface area contributed by atoms with E-state index in [4.69, 9.17) is 11.6 Å². The van der Waals surface area contributed by atoms with Crippen molar-refractivity contribution in [3.05, 3.63) is 51.7 Å². The molecule has 8 heteroatoms. The van der Waals surface area contributed by atoms with Gasteiger partial charge in [0.15, 0.2) is 0 Å². The molecule has 0 aliphatic carbocycles. The summed E-state index contributed by atoms with van der Waals surface area (Å²) in [5.41, 5.74) is 1.32. The standard InChI is InChI=1S/C18H18ClF3N2OS/c19-14-3-5-15(6-4-14)24(12-18(20,21)22)17(25)10-23-8-1-2-16(23)13-7-9-26-11-13/h3-7,9,11,16H,1-2,8,10,12H2/t16-/m0/s1. The molecule has 140 valence electrons. The number of nitrogens with zero attached hydrogens (tertiary/aromatic N) is 2. The molecule has 3 nitrogen and oxygen atoms in total. The zero-order valence-electron chi connectivity index (χ0n) is 13.9. The number of amides is 1. The second-order valence-corrected chi connectivity index (χ2v) is 7.47. The summed E-state index contributed by atoms with van der Waals surface area (Å²) in [6.45, 7) is -0.656. The number of carbonyl (C=O) groups is 1. The highest BCUT2D eigenvalue weighted by molar-refractivity contribution is 7.07. The van der Waals surface area contributed by atoms with Gasteiger partial charge in [0.1, 0.15) is 6.54 Å². The number of hydrogen-bond acceptors (Lipinski definition) is 3. The third-order valence-corrected chi connectivity index (χ3v) is 5.36. The molecule has 1 saturated heterocycles. The highest BCUT2D eigenvalue weighted by Gasteiger charge is 2.36. The van der Waals surface area contributed by atoms with Gasteiger partial charge in [0.2, 0.25) is 5.91 Å². The van der Waals surface area contributed by atoms with Gasteiger partial charge in [-0.3, -0.25) is 9.69 Å². The molecule has 1 aromatic carbocycles. The summed E-state index contributed by atoms with van der Waals surface area (Å²) in [7, 11) is 0. The zero-order chi connectivity index (χ0) is 18.7. The second-order valence-electron chi connectivity index (χ2n) is 6.26. The van der Waals surface area contributed by atoms with Crippen LogP contribution in [0.15, 0.2) is 41.1 Å². The molecule has 1 aliphatic heterocycles. The number of alkyl halides is 3. The van der Waals surface area contributed by atoms with Crippen LogP contribution in [-0.2, 0) is 4.79 Å². The van der Waals surface area contributed by atoms with Crippen molar-refractivity contribution in [2.24, 2.45) is 0 Å². The van der Waals surface area contributed by atoms with Crippen LogP contribution in [0.4, 0.5) is 18.9 Å². The molecular weight excluding hydrogens is 385 g/mol. The molecule has 0 N–H and O–H groups in total. The average molecular weight is 403 g/mol. The van der Waals surface area contributed by atoms with E-state index in [1.165, 1.54) is 24.3 Å². The Bertz CT molecular complexity index is 734. The predicted molar refractivity (Wildman–Crippen MR) is 97.7 cm³/mol. The molecule has 26 heavy (non-hydrogen) atoms. The van der Waals surface area contributed by atoms with Gasteiger partial charge in [-0.1, -0.05) is 11.6 Å². The lowest BCUT2D eigenvalue weighted by Crippen LogP contribution is -2.44. The molecule has 1 amide bonds. The van der Waals surface area contributed by atoms with Crippen molar-refractivity contribution in [1.29, 1.82) is 0 Å². The van der Waals surface area contributed by atoms with Crippen molar-refractivity contribution in [3.8, 4) is 0 Å². The minimum Gasteiger partial charge on any atom is -0.302 e. The van der Waals surface area contributed by atoms with Crippen LogP contribution in [0.25, 0.3) is 0 Å². The average Bonchev–Trinajstić information content (AvgIpc) is 3.23. The predicted octanol–water partition coefficient (Wildman–Crippen LogP) is 5.13. The van der Waals surface area contributed by atoms with E-state index in [2.05, 4.69) is 0 Å². The Morgan fingerprint density at radius 1 is 1.27 bits per heavy atom. The van der Waals surface area contributed by atoms with Crippen LogP contribution >= 0.6 is 22.9 Å². The summed E-state index contributed by atoms with van der Waals surface area (Å²) in [4.78, 5) is 15.5. The summed E-state index contributed by atoms with van der Waals surface area (Å²) < 4.78 is 39.0. The van der Waals surface area contributed by atoms with Gasteiger partial charge in [0.05, 0.1) is 6.54 Å². The Morgan fingerprint density at radius 2 is 2.00 bits per heavy atom. The molecule has 0 radical (unpaired) electrons. The smallest absolute Gasteiger partial charge is 0.302 e. The Labute approximate surface area is 159 Å². The van der Waals surface area contributed by atoms with Gasteiger partial charge in [-0.25, -0.2) is 0 Å². The van der Waals surface area contributed by atoms with Crippen LogP contribution in [-0.4, -0.2) is 36.6 Å². The Hall–Kier alpha value is -1.57. The molecule has 1 aromatic heterocycles. The SMILES string of the molecule is O=C(CN1CCC[C@H]1c1ccsc1)N(CC(F)(F)F)c1ccc(Cl)cc1. The van der Waals surface area contributed by atoms with Crippen LogP contribution in [0, 0.1) is 0 Å². The van der Waals surface area contributed by atoms with Crippen LogP contribution in [0.1, 0.15) is 24.4 Å². The van der Waals surface area contributed by atoms with Gasteiger partial charge < -0.3 is 4.90 Å². The van der Waals surface area contributed by atoms with Gasteiger partial charge in [-0.2, -0.15) is 24.5 Å². The summed E-state index contributed by atoms with van der Waals surface area (Å²) in [6, 6.07) is 7.93. The normalized spacial score (nSPS) is 18.2. The first-order chi connectivity index (χ1) is 12.3. The topological polar surface area (TPSA) is 23.6 Å². The highest BCUT2D eigenvalue weighted by Crippen LogP contribution is 2.33. The van der Waals surface area contributed by atoms with Crippen molar-refractivity contribution in [2.75, 3.05) is 24.5 Å². The Balaban J connectivity index is 1.77. The number of benzene rings is 1. The first-order valence-corrected chi connectivity index (χ1v) is 9.54. The molecule has 1 aliphatic rings. The summed E-state index contributed by atoms with van der Waals surface area (Å²) in [5.74, 6) is -0.563. The summed E-state index contributed by atoms with van der Waals surface area (Å²) >= 11 is 7.39. The van der Waals surface area contributed by atoms with Crippen molar-refractivity contribution in [2.45, 2.75) is 25.1 Å². The van der Waals surface area contributed by atoms with Gasteiger partial charge >= 0.3 is 6.18 Å². The largest absolute Gasteiger partial charge is 0.406 e. The zero-order valence-corrected chi connectivity index (χ0v) is 15.4. The first-order valence-electron chi connectivity index (χ1n) is 8.22. The van der Waals surface area contributed by atoms with E-state index in [-0.39, 0.29) is 18.3 Å². The first kappa shape index (κ1) is 19.2. The van der Waals surface area contributed by atoms with Gasteiger partial charge in [-0.05, 0) is 66.0 Å². The van der Waals surface area contributed by atoms with E-state index in [0.29, 0.717) is 11.6 Å². The number of carbonyl (C=O) groups excluding carboxylic acids is 1. The molecule has 0 spiro atoms. The summed E-state index contributed by atoms with van der Waals surface area (Å²) in [5, 5.41) is 4.41. The van der Waals surface area contributed by atoms with Crippen molar-refractivity contribution in [1.82, 2.24) is 4.90 Å². The molecule has 1 atom stereocenters. The molecule has 3 rings (SSSR count). The maximum atomic E-state index is 13.0. The second kappa shape index (κ2) is 7.98. The van der Waals surface area contributed by atoms with Crippen LogP contribution in [0.5, 0.6) is 0 Å². The molecular formula is C18H18ClF3N2OS. The monoisotopic (exact) mass is 402 g/mol. The fourth-order valence-corrected chi connectivity index (χ4v) is 4.07. The maximum Gasteiger partial charge on any atom is 0.406 e. The molecule has 1 fully saturated rings. The quantitative estimate of drug-likeness (QED) is 0.691. The molecule has 0 unspecified atom stereocenters. The summed E-state index contributed by atoms with van der Waals surface area (Å²) in [6.07, 6.45) is -2.65. The fourth-order valence-electron chi connectivity index (χ4n) is 3.24. The molecule has 0 saturated carbocycles. The number of rotatable bonds is 5. The molecule has 2 aromatic rings.